The highest BCUT2D eigenvalue weighted by Gasteiger charge is 2.39. The standard InChI is InChI=1S/C21H37N3O4/c1-15(2)19(24-12-16(3)28-17(4)13-24)21(26)23-7-5-6-18(14-23)20(25)22-8-10-27-11-9-22/h15-19H,5-14H2,1-4H3. The molecular formula is C21H37N3O4. The molecule has 7 nitrogen and oxygen atoms in total. The van der Waals surface area contributed by atoms with Crippen LogP contribution in [0.2, 0.25) is 0 Å². The van der Waals surface area contributed by atoms with Gasteiger partial charge in [-0.15, -0.1) is 0 Å². The van der Waals surface area contributed by atoms with Crippen molar-refractivity contribution in [2.45, 2.75) is 58.8 Å². The third-order valence-electron chi connectivity index (χ3n) is 6.13. The third kappa shape index (κ3) is 5.05. The van der Waals surface area contributed by atoms with Crippen LogP contribution in [0.15, 0.2) is 0 Å². The number of hydrogen-bond donors (Lipinski definition) is 0. The summed E-state index contributed by atoms with van der Waals surface area (Å²) < 4.78 is 11.2. The van der Waals surface area contributed by atoms with Crippen LogP contribution in [0.25, 0.3) is 0 Å². The maximum Gasteiger partial charge on any atom is 0.240 e. The van der Waals surface area contributed by atoms with Gasteiger partial charge in [-0.25, -0.2) is 0 Å². The van der Waals surface area contributed by atoms with Crippen molar-refractivity contribution < 1.29 is 19.1 Å². The van der Waals surface area contributed by atoms with Crippen LogP contribution < -0.4 is 0 Å². The Morgan fingerprint density at radius 1 is 0.929 bits per heavy atom. The van der Waals surface area contributed by atoms with Crippen molar-refractivity contribution >= 4 is 11.8 Å². The minimum atomic E-state index is -0.147. The summed E-state index contributed by atoms with van der Waals surface area (Å²) in [6.07, 6.45) is 2.04. The smallest absolute Gasteiger partial charge is 0.240 e. The number of hydrogen-bond acceptors (Lipinski definition) is 5. The lowest BCUT2D eigenvalue weighted by atomic mass is 9.93. The molecule has 3 aliphatic rings. The van der Waals surface area contributed by atoms with Crippen molar-refractivity contribution in [3.05, 3.63) is 0 Å². The summed E-state index contributed by atoms with van der Waals surface area (Å²) in [4.78, 5) is 32.6. The van der Waals surface area contributed by atoms with Crippen molar-refractivity contribution in [3.63, 3.8) is 0 Å². The Bertz CT molecular complexity index is 540. The first-order valence-corrected chi connectivity index (χ1v) is 10.9. The molecule has 3 rings (SSSR count). The molecule has 28 heavy (non-hydrogen) atoms. The predicted molar refractivity (Wildman–Crippen MR) is 107 cm³/mol. The molecule has 4 unspecified atom stereocenters. The first kappa shape index (κ1) is 21.5. The lowest BCUT2D eigenvalue weighted by Crippen LogP contribution is -2.59. The quantitative estimate of drug-likeness (QED) is 0.716. The van der Waals surface area contributed by atoms with Gasteiger partial charge in [-0.1, -0.05) is 13.8 Å². The van der Waals surface area contributed by atoms with Crippen molar-refractivity contribution in [2.75, 3.05) is 52.5 Å². The fourth-order valence-electron chi connectivity index (χ4n) is 4.92. The van der Waals surface area contributed by atoms with Gasteiger partial charge in [0.05, 0.1) is 37.4 Å². The largest absolute Gasteiger partial charge is 0.378 e. The summed E-state index contributed by atoms with van der Waals surface area (Å²) in [6.45, 7) is 13.8. The van der Waals surface area contributed by atoms with Gasteiger partial charge in [0.2, 0.25) is 11.8 Å². The monoisotopic (exact) mass is 395 g/mol. The Morgan fingerprint density at radius 2 is 1.57 bits per heavy atom. The molecule has 3 heterocycles. The molecule has 0 aromatic rings. The van der Waals surface area contributed by atoms with E-state index in [9.17, 15) is 9.59 Å². The fraction of sp³-hybridized carbons (Fsp3) is 0.905. The third-order valence-corrected chi connectivity index (χ3v) is 6.13. The molecule has 0 aromatic heterocycles. The van der Waals surface area contributed by atoms with Crippen LogP contribution in [0.4, 0.5) is 0 Å². The lowest BCUT2D eigenvalue weighted by Gasteiger charge is -2.44. The lowest BCUT2D eigenvalue weighted by molar-refractivity contribution is -0.150. The predicted octanol–water partition coefficient (Wildman–Crippen LogP) is 1.22. The summed E-state index contributed by atoms with van der Waals surface area (Å²) in [7, 11) is 0. The number of amides is 2. The first-order chi connectivity index (χ1) is 13.4. The summed E-state index contributed by atoms with van der Waals surface area (Å²) >= 11 is 0. The molecule has 4 atom stereocenters. The number of likely N-dealkylation sites (tertiary alicyclic amines) is 1. The Kier molecular flexibility index (Phi) is 7.34. The summed E-state index contributed by atoms with van der Waals surface area (Å²) in [6, 6.07) is -0.147. The molecule has 3 fully saturated rings. The molecule has 0 N–H and O–H groups in total. The molecule has 7 heteroatoms. The van der Waals surface area contributed by atoms with E-state index in [2.05, 4.69) is 32.6 Å². The van der Waals surface area contributed by atoms with E-state index in [1.807, 2.05) is 9.80 Å². The van der Waals surface area contributed by atoms with Gasteiger partial charge in [-0.3, -0.25) is 14.5 Å². The number of piperidine rings is 1. The average molecular weight is 396 g/mol. The average Bonchev–Trinajstić information content (AvgIpc) is 2.67. The number of morpholine rings is 2. The maximum absolute atomic E-state index is 13.5. The number of carbonyl (C=O) groups excluding carboxylic acids is 2. The number of nitrogens with zero attached hydrogens (tertiary/aromatic N) is 3. The van der Waals surface area contributed by atoms with Crippen LogP contribution in [0.3, 0.4) is 0 Å². The van der Waals surface area contributed by atoms with Crippen LogP contribution in [0.1, 0.15) is 40.5 Å². The van der Waals surface area contributed by atoms with E-state index >= 15 is 0 Å². The minimum Gasteiger partial charge on any atom is -0.378 e. The zero-order valence-electron chi connectivity index (χ0n) is 17.9. The minimum absolute atomic E-state index is 0.0776. The second kappa shape index (κ2) is 9.55. The molecule has 0 spiro atoms. The van der Waals surface area contributed by atoms with E-state index in [0.717, 1.165) is 32.5 Å². The molecule has 160 valence electrons. The van der Waals surface area contributed by atoms with Crippen molar-refractivity contribution in [1.82, 2.24) is 14.7 Å². The molecule has 0 aliphatic carbocycles. The molecule has 0 aromatic carbocycles. The topological polar surface area (TPSA) is 62.3 Å². The highest BCUT2D eigenvalue weighted by atomic mass is 16.5. The van der Waals surface area contributed by atoms with Crippen LogP contribution in [0.5, 0.6) is 0 Å². The Morgan fingerprint density at radius 3 is 2.18 bits per heavy atom. The summed E-state index contributed by atoms with van der Waals surface area (Å²) in [5.74, 6) is 0.512. The van der Waals surface area contributed by atoms with Gasteiger partial charge in [0.25, 0.3) is 0 Å². The molecule has 0 radical (unpaired) electrons. The molecule has 3 saturated heterocycles. The maximum atomic E-state index is 13.5. The van der Waals surface area contributed by atoms with E-state index in [4.69, 9.17) is 9.47 Å². The Labute approximate surface area is 169 Å². The van der Waals surface area contributed by atoms with Gasteiger partial charge in [0.1, 0.15) is 0 Å². The van der Waals surface area contributed by atoms with Crippen molar-refractivity contribution in [3.8, 4) is 0 Å². The second-order valence-corrected chi connectivity index (χ2v) is 8.96. The number of ether oxygens (including phenoxy) is 2. The van der Waals surface area contributed by atoms with Gasteiger partial charge in [0, 0.05) is 39.3 Å². The summed E-state index contributed by atoms with van der Waals surface area (Å²) in [5, 5.41) is 0. The normalized spacial score (nSPS) is 31.1. The SMILES string of the molecule is CC1CN(C(C(=O)N2CCCC(C(=O)N3CCOCC3)C2)C(C)C)CC(C)O1. The molecular weight excluding hydrogens is 358 g/mol. The Hall–Kier alpha value is -1.18. The van der Waals surface area contributed by atoms with E-state index in [1.165, 1.54) is 0 Å². The van der Waals surface area contributed by atoms with Crippen LogP contribution in [-0.2, 0) is 19.1 Å². The number of carbonyl (C=O) groups is 2. The van der Waals surface area contributed by atoms with Gasteiger partial charge in [-0.05, 0) is 32.6 Å². The highest BCUT2D eigenvalue weighted by molar-refractivity contribution is 5.84. The van der Waals surface area contributed by atoms with Crippen molar-refractivity contribution in [2.24, 2.45) is 11.8 Å². The van der Waals surface area contributed by atoms with E-state index in [0.29, 0.717) is 32.8 Å². The molecule has 0 bridgehead atoms. The number of rotatable bonds is 4. The Balaban J connectivity index is 1.66. The van der Waals surface area contributed by atoms with Gasteiger partial charge < -0.3 is 19.3 Å². The zero-order valence-corrected chi connectivity index (χ0v) is 17.9. The summed E-state index contributed by atoms with van der Waals surface area (Å²) in [5.41, 5.74) is 0. The van der Waals surface area contributed by atoms with E-state index < -0.39 is 0 Å². The van der Waals surface area contributed by atoms with Crippen LogP contribution in [0, 0.1) is 11.8 Å². The molecule has 3 aliphatic heterocycles. The highest BCUT2D eigenvalue weighted by Crippen LogP contribution is 2.25. The van der Waals surface area contributed by atoms with Gasteiger partial charge in [0.15, 0.2) is 0 Å². The molecule has 2 amide bonds. The second-order valence-electron chi connectivity index (χ2n) is 8.96. The zero-order chi connectivity index (χ0) is 20.3. The molecule has 0 saturated carbocycles. The van der Waals surface area contributed by atoms with Crippen molar-refractivity contribution in [1.29, 1.82) is 0 Å². The first-order valence-electron chi connectivity index (χ1n) is 10.9. The van der Waals surface area contributed by atoms with E-state index in [-0.39, 0.29) is 41.9 Å². The van der Waals surface area contributed by atoms with Gasteiger partial charge >= 0.3 is 0 Å². The van der Waals surface area contributed by atoms with Gasteiger partial charge in [-0.2, -0.15) is 0 Å². The van der Waals surface area contributed by atoms with Crippen LogP contribution >= 0.6 is 0 Å². The van der Waals surface area contributed by atoms with E-state index in [1.54, 1.807) is 0 Å². The van der Waals surface area contributed by atoms with Crippen LogP contribution in [-0.4, -0.2) is 97.2 Å². The fourth-order valence-corrected chi connectivity index (χ4v) is 4.92.